The van der Waals surface area contributed by atoms with E-state index in [-0.39, 0.29) is 29.4 Å². The first kappa shape index (κ1) is 19.0. The topological polar surface area (TPSA) is 81.5 Å². The number of amides is 2. The van der Waals surface area contributed by atoms with Crippen molar-refractivity contribution in [1.82, 2.24) is 14.5 Å². The molecule has 0 bridgehead atoms. The number of hydrogen-bond acceptors (Lipinski definition) is 6. The fourth-order valence-electron chi connectivity index (χ4n) is 3.89. The predicted molar refractivity (Wildman–Crippen MR) is 113 cm³/mol. The van der Waals surface area contributed by atoms with Crippen molar-refractivity contribution in [2.24, 2.45) is 0 Å². The van der Waals surface area contributed by atoms with Crippen molar-refractivity contribution in [1.29, 1.82) is 0 Å². The first-order valence-corrected chi connectivity index (χ1v) is 10.8. The molecule has 8 heteroatoms. The molecule has 1 atom stereocenters. The summed E-state index contributed by atoms with van der Waals surface area (Å²) < 4.78 is 7.33. The van der Waals surface area contributed by atoms with Gasteiger partial charge in [-0.15, -0.1) is 0 Å². The van der Waals surface area contributed by atoms with Gasteiger partial charge in [0.15, 0.2) is 5.16 Å². The third-order valence-corrected chi connectivity index (χ3v) is 6.39. The molecule has 2 aromatic carbocycles. The number of carbonyl (C=O) groups is 2. The Morgan fingerprint density at radius 1 is 1.00 bits per heavy atom. The van der Waals surface area contributed by atoms with Crippen molar-refractivity contribution in [3.63, 3.8) is 0 Å². The molecule has 2 aliphatic rings. The number of benzene rings is 2. The van der Waals surface area contributed by atoms with Gasteiger partial charge in [0.1, 0.15) is 0 Å². The van der Waals surface area contributed by atoms with Gasteiger partial charge in [-0.05, 0) is 37.1 Å². The van der Waals surface area contributed by atoms with Gasteiger partial charge in [0.2, 0.25) is 0 Å². The molecule has 2 aliphatic heterocycles. The Morgan fingerprint density at radius 3 is 2.40 bits per heavy atom. The SMILES string of the molecule is O=C1c2ccccc2C(=O)N1CSc1nc2ccccc2c(=O)n1C[C@@H]1CCCO1. The standard InChI is InChI=1S/C22H19N3O4S/c26-19-15-7-1-2-8-16(15)20(27)25(19)13-30-22-23-18-10-4-3-9-17(18)21(28)24(22)12-14-6-5-11-29-14/h1-4,7-10,14H,5-6,11-13H2/t14-/m0/s1. The van der Waals surface area contributed by atoms with Crippen LogP contribution in [0.2, 0.25) is 0 Å². The van der Waals surface area contributed by atoms with Crippen LogP contribution in [0.25, 0.3) is 10.9 Å². The summed E-state index contributed by atoms with van der Waals surface area (Å²) in [4.78, 5) is 44.3. The molecule has 5 rings (SSSR count). The quantitative estimate of drug-likeness (QED) is 0.358. The third kappa shape index (κ3) is 3.22. The summed E-state index contributed by atoms with van der Waals surface area (Å²) in [6, 6.07) is 14.0. The predicted octanol–water partition coefficient (Wildman–Crippen LogP) is 2.92. The Labute approximate surface area is 176 Å². The van der Waals surface area contributed by atoms with E-state index in [2.05, 4.69) is 4.98 Å². The van der Waals surface area contributed by atoms with E-state index in [0.717, 1.165) is 12.8 Å². The van der Waals surface area contributed by atoms with Gasteiger partial charge < -0.3 is 4.74 Å². The van der Waals surface area contributed by atoms with Crippen molar-refractivity contribution < 1.29 is 14.3 Å². The molecule has 0 radical (unpaired) electrons. The van der Waals surface area contributed by atoms with Crippen LogP contribution < -0.4 is 5.56 Å². The van der Waals surface area contributed by atoms with Gasteiger partial charge in [0, 0.05) is 6.61 Å². The third-order valence-electron chi connectivity index (χ3n) is 5.44. The van der Waals surface area contributed by atoms with Gasteiger partial charge in [0.05, 0.1) is 40.6 Å². The Morgan fingerprint density at radius 2 is 1.70 bits per heavy atom. The summed E-state index contributed by atoms with van der Waals surface area (Å²) in [5, 5.41) is 1.02. The van der Waals surface area contributed by atoms with E-state index in [4.69, 9.17) is 4.74 Å². The van der Waals surface area contributed by atoms with Crippen molar-refractivity contribution >= 4 is 34.5 Å². The lowest BCUT2D eigenvalue weighted by molar-refractivity contribution is 0.0683. The molecule has 7 nitrogen and oxygen atoms in total. The maximum atomic E-state index is 13.1. The van der Waals surface area contributed by atoms with Crippen LogP contribution in [-0.2, 0) is 11.3 Å². The Balaban J connectivity index is 1.47. The van der Waals surface area contributed by atoms with E-state index in [1.165, 1.54) is 16.7 Å². The zero-order valence-electron chi connectivity index (χ0n) is 16.1. The van der Waals surface area contributed by atoms with Crippen LogP contribution in [-0.4, -0.2) is 44.9 Å². The van der Waals surface area contributed by atoms with Gasteiger partial charge in [0.25, 0.3) is 17.4 Å². The second-order valence-corrected chi connectivity index (χ2v) is 8.23. The summed E-state index contributed by atoms with van der Waals surface area (Å²) in [6.07, 6.45) is 1.82. The summed E-state index contributed by atoms with van der Waals surface area (Å²) >= 11 is 1.22. The smallest absolute Gasteiger partial charge is 0.262 e. The fourth-order valence-corrected chi connectivity index (χ4v) is 4.84. The van der Waals surface area contributed by atoms with Crippen LogP contribution in [0.4, 0.5) is 0 Å². The largest absolute Gasteiger partial charge is 0.376 e. The van der Waals surface area contributed by atoms with E-state index in [0.29, 0.717) is 40.3 Å². The number of hydrogen-bond donors (Lipinski definition) is 0. The lowest BCUT2D eigenvalue weighted by Gasteiger charge is -2.18. The Hall–Kier alpha value is -2.97. The lowest BCUT2D eigenvalue weighted by atomic mass is 10.1. The van der Waals surface area contributed by atoms with Crippen LogP contribution >= 0.6 is 11.8 Å². The highest BCUT2D eigenvalue weighted by Gasteiger charge is 2.35. The van der Waals surface area contributed by atoms with Gasteiger partial charge in [-0.2, -0.15) is 0 Å². The van der Waals surface area contributed by atoms with E-state index in [1.54, 1.807) is 41.0 Å². The maximum Gasteiger partial charge on any atom is 0.262 e. The molecule has 152 valence electrons. The van der Waals surface area contributed by atoms with Gasteiger partial charge in [-0.1, -0.05) is 36.0 Å². The molecular formula is C22H19N3O4S. The van der Waals surface area contributed by atoms with E-state index in [1.807, 2.05) is 12.1 Å². The normalized spacial score (nSPS) is 18.4. The molecule has 1 saturated heterocycles. The van der Waals surface area contributed by atoms with Crippen LogP contribution in [0.3, 0.4) is 0 Å². The van der Waals surface area contributed by atoms with E-state index >= 15 is 0 Å². The van der Waals surface area contributed by atoms with Crippen LogP contribution in [0.5, 0.6) is 0 Å². The van der Waals surface area contributed by atoms with Gasteiger partial charge in [-0.3, -0.25) is 23.9 Å². The maximum absolute atomic E-state index is 13.1. The van der Waals surface area contributed by atoms with Crippen LogP contribution in [0, 0.1) is 0 Å². The van der Waals surface area contributed by atoms with Crippen molar-refractivity contribution in [3.05, 3.63) is 70.0 Å². The second kappa shape index (κ2) is 7.70. The molecule has 1 fully saturated rings. The zero-order valence-corrected chi connectivity index (χ0v) is 16.9. The molecule has 0 aliphatic carbocycles. The van der Waals surface area contributed by atoms with Crippen molar-refractivity contribution in [2.45, 2.75) is 30.6 Å². The number of thioether (sulfide) groups is 1. The highest BCUT2D eigenvalue weighted by Crippen LogP contribution is 2.27. The van der Waals surface area contributed by atoms with Crippen LogP contribution in [0.15, 0.2) is 58.5 Å². The van der Waals surface area contributed by atoms with Crippen molar-refractivity contribution in [2.75, 3.05) is 12.5 Å². The number of fused-ring (bicyclic) bond motifs is 2. The Kier molecular flexibility index (Phi) is 4.88. The molecule has 0 saturated carbocycles. The number of ether oxygens (including phenoxy) is 1. The number of rotatable bonds is 5. The molecule has 0 unspecified atom stereocenters. The van der Waals surface area contributed by atoms with E-state index < -0.39 is 0 Å². The minimum absolute atomic E-state index is 0.0377. The highest BCUT2D eigenvalue weighted by molar-refractivity contribution is 7.99. The number of imide groups is 1. The van der Waals surface area contributed by atoms with Crippen LogP contribution in [0.1, 0.15) is 33.6 Å². The summed E-state index contributed by atoms with van der Waals surface area (Å²) in [7, 11) is 0. The molecule has 30 heavy (non-hydrogen) atoms. The zero-order chi connectivity index (χ0) is 20.7. The molecule has 0 N–H and O–H groups in total. The monoisotopic (exact) mass is 421 g/mol. The number of aromatic nitrogens is 2. The van der Waals surface area contributed by atoms with Gasteiger partial charge in [-0.25, -0.2) is 4.98 Å². The van der Waals surface area contributed by atoms with Gasteiger partial charge >= 0.3 is 0 Å². The number of para-hydroxylation sites is 1. The average Bonchev–Trinajstić information content (AvgIpc) is 3.37. The number of nitrogens with zero attached hydrogens (tertiary/aromatic N) is 3. The summed E-state index contributed by atoms with van der Waals surface area (Å²) in [5.41, 5.74) is 1.27. The number of carbonyl (C=O) groups excluding carboxylic acids is 2. The summed E-state index contributed by atoms with van der Waals surface area (Å²) in [6.45, 7) is 1.10. The minimum atomic E-state index is -0.322. The summed E-state index contributed by atoms with van der Waals surface area (Å²) in [5.74, 6) is -0.559. The Bertz CT molecular complexity index is 1180. The highest BCUT2D eigenvalue weighted by atomic mass is 32.2. The van der Waals surface area contributed by atoms with Crippen molar-refractivity contribution in [3.8, 4) is 0 Å². The molecule has 3 aromatic rings. The first-order valence-electron chi connectivity index (χ1n) is 9.82. The molecular weight excluding hydrogens is 402 g/mol. The lowest BCUT2D eigenvalue weighted by Crippen LogP contribution is -2.31. The average molecular weight is 421 g/mol. The second-order valence-electron chi connectivity index (χ2n) is 7.32. The van der Waals surface area contributed by atoms with E-state index in [9.17, 15) is 14.4 Å². The molecule has 2 amide bonds. The molecule has 1 aromatic heterocycles. The fraction of sp³-hybridized carbons (Fsp3) is 0.273. The first-order chi connectivity index (χ1) is 14.6. The molecule has 0 spiro atoms. The minimum Gasteiger partial charge on any atom is -0.376 e. The molecule has 3 heterocycles.